The van der Waals surface area contributed by atoms with E-state index in [4.69, 9.17) is 0 Å². The molecule has 1 rings (SSSR count). The molecule has 1 heterocycles. The Bertz CT molecular complexity index is 364. The molecule has 0 saturated carbocycles. The van der Waals surface area contributed by atoms with Gasteiger partial charge in [-0.2, -0.15) is 0 Å². The Morgan fingerprint density at radius 1 is 1.53 bits per heavy atom. The van der Waals surface area contributed by atoms with Crippen molar-refractivity contribution in [1.29, 1.82) is 0 Å². The number of aromatic nitrogens is 1. The van der Waals surface area contributed by atoms with Crippen LogP contribution >= 0.6 is 0 Å². The van der Waals surface area contributed by atoms with Gasteiger partial charge in [-0.25, -0.2) is 4.57 Å². The van der Waals surface area contributed by atoms with Crippen LogP contribution in [0.4, 0.5) is 0 Å². The standard InChI is InChI=1S/C13H20N2O2/c1-11(2)9-13(17)14-6-4-8-15-7-3-5-12(16)10-15/h3,5,7,10-11H,4,6,8-9H2,1-2H3,(H-,14,16,17)/p+1. The number of aryl methyl sites for hydroxylation is 1. The molecular formula is C13H21N2O2+. The number of pyridine rings is 1. The maximum atomic E-state index is 11.4. The third-order valence-corrected chi connectivity index (χ3v) is 2.35. The highest BCUT2D eigenvalue weighted by Crippen LogP contribution is 2.00. The SMILES string of the molecule is CC(C)CC(=O)NCCC[n+]1cccc(O)c1. The van der Waals surface area contributed by atoms with Gasteiger partial charge in [0.1, 0.15) is 6.54 Å². The Labute approximate surface area is 102 Å². The third-order valence-electron chi connectivity index (χ3n) is 2.35. The molecule has 1 aromatic rings. The first-order chi connectivity index (χ1) is 8.08. The first kappa shape index (κ1) is 13.5. The second-order valence-electron chi connectivity index (χ2n) is 4.60. The zero-order valence-corrected chi connectivity index (χ0v) is 10.5. The van der Waals surface area contributed by atoms with Gasteiger partial charge >= 0.3 is 0 Å². The summed E-state index contributed by atoms with van der Waals surface area (Å²) in [5.41, 5.74) is 0. The number of nitrogens with zero attached hydrogens (tertiary/aromatic N) is 1. The molecule has 0 unspecified atom stereocenters. The largest absolute Gasteiger partial charge is 0.503 e. The summed E-state index contributed by atoms with van der Waals surface area (Å²) in [5, 5.41) is 12.2. The van der Waals surface area contributed by atoms with Crippen molar-refractivity contribution in [2.24, 2.45) is 5.92 Å². The lowest BCUT2D eigenvalue weighted by molar-refractivity contribution is -0.697. The van der Waals surface area contributed by atoms with Crippen molar-refractivity contribution in [1.82, 2.24) is 5.32 Å². The zero-order chi connectivity index (χ0) is 12.7. The van der Waals surface area contributed by atoms with E-state index in [0.717, 1.165) is 13.0 Å². The Balaban J connectivity index is 2.18. The smallest absolute Gasteiger partial charge is 0.220 e. The molecule has 1 amide bonds. The van der Waals surface area contributed by atoms with E-state index in [-0.39, 0.29) is 11.7 Å². The number of amides is 1. The first-order valence-electron chi connectivity index (χ1n) is 6.02. The van der Waals surface area contributed by atoms with Crippen LogP contribution in [0, 0.1) is 5.92 Å². The van der Waals surface area contributed by atoms with Crippen LogP contribution in [0.25, 0.3) is 0 Å². The number of nitrogens with one attached hydrogen (secondary N) is 1. The molecule has 17 heavy (non-hydrogen) atoms. The van der Waals surface area contributed by atoms with E-state index in [1.807, 2.05) is 24.6 Å². The van der Waals surface area contributed by atoms with E-state index >= 15 is 0 Å². The van der Waals surface area contributed by atoms with Crippen molar-refractivity contribution >= 4 is 5.91 Å². The topological polar surface area (TPSA) is 53.2 Å². The summed E-state index contributed by atoms with van der Waals surface area (Å²) in [6.45, 7) is 5.52. The van der Waals surface area contributed by atoms with E-state index in [0.29, 0.717) is 18.9 Å². The highest BCUT2D eigenvalue weighted by atomic mass is 16.3. The molecule has 2 N–H and O–H groups in total. The highest BCUT2D eigenvalue weighted by Gasteiger charge is 2.05. The Hall–Kier alpha value is -1.58. The summed E-state index contributed by atoms with van der Waals surface area (Å²) in [4.78, 5) is 11.4. The molecular weight excluding hydrogens is 216 g/mol. The lowest BCUT2D eigenvalue weighted by atomic mass is 10.1. The van der Waals surface area contributed by atoms with Crippen LogP contribution in [0.2, 0.25) is 0 Å². The first-order valence-corrected chi connectivity index (χ1v) is 6.02. The van der Waals surface area contributed by atoms with E-state index in [9.17, 15) is 9.90 Å². The second-order valence-corrected chi connectivity index (χ2v) is 4.60. The molecule has 4 heteroatoms. The lowest BCUT2D eigenvalue weighted by Crippen LogP contribution is -2.35. The van der Waals surface area contributed by atoms with Gasteiger partial charge in [-0.1, -0.05) is 13.8 Å². The molecule has 4 nitrogen and oxygen atoms in total. The van der Waals surface area contributed by atoms with Crippen LogP contribution in [-0.2, 0) is 11.3 Å². The Morgan fingerprint density at radius 3 is 2.94 bits per heavy atom. The van der Waals surface area contributed by atoms with Crippen LogP contribution in [0.1, 0.15) is 26.7 Å². The predicted molar refractivity (Wildman–Crippen MR) is 65.4 cm³/mol. The average Bonchev–Trinajstić information content (AvgIpc) is 2.23. The minimum atomic E-state index is 0.112. The maximum absolute atomic E-state index is 11.4. The summed E-state index contributed by atoms with van der Waals surface area (Å²) in [6.07, 6.45) is 5.02. The van der Waals surface area contributed by atoms with Gasteiger partial charge < -0.3 is 10.4 Å². The van der Waals surface area contributed by atoms with E-state index < -0.39 is 0 Å². The van der Waals surface area contributed by atoms with Crippen LogP contribution < -0.4 is 9.88 Å². The molecule has 0 fully saturated rings. The molecule has 0 saturated heterocycles. The summed E-state index contributed by atoms with van der Waals surface area (Å²) in [7, 11) is 0. The summed E-state index contributed by atoms with van der Waals surface area (Å²) in [5.74, 6) is 0.771. The van der Waals surface area contributed by atoms with Crippen LogP contribution in [0.5, 0.6) is 5.75 Å². The van der Waals surface area contributed by atoms with Crippen LogP contribution in [0.15, 0.2) is 24.5 Å². The maximum Gasteiger partial charge on any atom is 0.220 e. The minimum Gasteiger partial charge on any atom is -0.503 e. The molecule has 0 radical (unpaired) electrons. The van der Waals surface area contributed by atoms with E-state index in [1.165, 1.54) is 0 Å². The van der Waals surface area contributed by atoms with Crippen molar-refractivity contribution in [2.45, 2.75) is 33.2 Å². The van der Waals surface area contributed by atoms with Crippen molar-refractivity contribution in [3.8, 4) is 5.75 Å². The molecule has 0 atom stereocenters. The quantitative estimate of drug-likeness (QED) is 0.577. The molecule has 0 aliphatic rings. The van der Waals surface area contributed by atoms with Gasteiger partial charge in [0.25, 0.3) is 0 Å². The van der Waals surface area contributed by atoms with Crippen LogP contribution in [0.3, 0.4) is 0 Å². The molecule has 1 aromatic heterocycles. The number of carbonyl (C=O) groups is 1. The Morgan fingerprint density at radius 2 is 2.29 bits per heavy atom. The number of rotatable bonds is 6. The van der Waals surface area contributed by atoms with Crippen molar-refractivity contribution in [2.75, 3.05) is 6.54 Å². The van der Waals surface area contributed by atoms with Crippen LogP contribution in [-0.4, -0.2) is 17.6 Å². The zero-order valence-electron chi connectivity index (χ0n) is 10.5. The van der Waals surface area contributed by atoms with Gasteiger partial charge in [0.15, 0.2) is 11.9 Å². The minimum absolute atomic E-state index is 0.112. The monoisotopic (exact) mass is 237 g/mol. The van der Waals surface area contributed by atoms with Gasteiger partial charge in [-0.3, -0.25) is 4.79 Å². The number of aromatic hydroxyl groups is 1. The predicted octanol–water partition coefficient (Wildman–Crippen LogP) is 1.23. The van der Waals surface area contributed by atoms with E-state index in [1.54, 1.807) is 18.3 Å². The fourth-order valence-corrected chi connectivity index (χ4v) is 1.58. The van der Waals surface area contributed by atoms with Crippen molar-refractivity contribution in [3.05, 3.63) is 24.5 Å². The van der Waals surface area contributed by atoms with Crippen molar-refractivity contribution < 1.29 is 14.5 Å². The van der Waals surface area contributed by atoms with Gasteiger partial charge in [0.2, 0.25) is 12.1 Å². The van der Waals surface area contributed by atoms with E-state index in [2.05, 4.69) is 5.32 Å². The van der Waals surface area contributed by atoms with Gasteiger partial charge in [0, 0.05) is 25.5 Å². The molecule has 0 spiro atoms. The fraction of sp³-hybridized carbons (Fsp3) is 0.538. The molecule has 0 bridgehead atoms. The molecule has 94 valence electrons. The van der Waals surface area contributed by atoms with Gasteiger partial charge in [-0.15, -0.1) is 0 Å². The Kier molecular flexibility index (Phi) is 5.46. The second kappa shape index (κ2) is 6.89. The summed E-state index contributed by atoms with van der Waals surface area (Å²) < 4.78 is 1.91. The number of carbonyl (C=O) groups excluding carboxylic acids is 1. The lowest BCUT2D eigenvalue weighted by Gasteiger charge is -2.05. The molecule has 0 aliphatic heterocycles. The van der Waals surface area contributed by atoms with Gasteiger partial charge in [-0.05, 0) is 12.0 Å². The molecule has 0 aromatic carbocycles. The summed E-state index contributed by atoms with van der Waals surface area (Å²) in [6, 6.07) is 3.44. The van der Waals surface area contributed by atoms with Gasteiger partial charge in [0.05, 0.1) is 0 Å². The normalized spacial score (nSPS) is 10.5. The number of hydrogen-bond donors (Lipinski definition) is 2. The summed E-state index contributed by atoms with van der Waals surface area (Å²) >= 11 is 0. The fourth-order valence-electron chi connectivity index (χ4n) is 1.58. The number of hydrogen-bond acceptors (Lipinski definition) is 2. The third kappa shape index (κ3) is 5.90. The average molecular weight is 237 g/mol. The highest BCUT2D eigenvalue weighted by molar-refractivity contribution is 5.75. The molecule has 0 aliphatic carbocycles. The van der Waals surface area contributed by atoms with Crippen molar-refractivity contribution in [3.63, 3.8) is 0 Å².